The zero-order valence-electron chi connectivity index (χ0n) is 7.40. The fourth-order valence-corrected chi connectivity index (χ4v) is 1.35. The third-order valence-corrected chi connectivity index (χ3v) is 1.90. The van der Waals surface area contributed by atoms with Crippen LogP contribution >= 0.6 is 0 Å². The minimum absolute atomic E-state index is 0.0949. The second-order valence-electron chi connectivity index (χ2n) is 2.89. The van der Waals surface area contributed by atoms with Gasteiger partial charge in [-0.15, -0.1) is 0 Å². The minimum atomic E-state index is -1.05. The Morgan fingerprint density at radius 2 is 2.29 bits per heavy atom. The summed E-state index contributed by atoms with van der Waals surface area (Å²) in [5.74, 6) is -0.352. The van der Waals surface area contributed by atoms with Crippen molar-refractivity contribution < 1.29 is 9.90 Å². The third kappa shape index (κ3) is 1.08. The van der Waals surface area contributed by atoms with Gasteiger partial charge in [0.25, 0.3) is 0 Å². The summed E-state index contributed by atoms with van der Waals surface area (Å²) in [6.07, 6.45) is 1.36. The van der Waals surface area contributed by atoms with Gasteiger partial charge >= 0.3 is 5.97 Å². The summed E-state index contributed by atoms with van der Waals surface area (Å²) in [5, 5.41) is 9.20. The first-order valence-electron chi connectivity index (χ1n) is 3.94. The van der Waals surface area contributed by atoms with Crippen molar-refractivity contribution in [1.82, 2.24) is 15.0 Å². The van der Waals surface area contributed by atoms with Gasteiger partial charge in [-0.25, -0.2) is 14.8 Å². The highest BCUT2D eigenvalue weighted by Crippen LogP contribution is 2.21. The quantitative estimate of drug-likeness (QED) is 0.611. The summed E-state index contributed by atoms with van der Waals surface area (Å²) in [7, 11) is 0. The number of hydrogen-bond donors (Lipinski definition) is 3. The van der Waals surface area contributed by atoms with Crippen LogP contribution in [0.4, 0.5) is 5.82 Å². The molecule has 2 aromatic rings. The number of carboxylic acids is 1. The maximum absolute atomic E-state index is 10.8. The monoisotopic (exact) mass is 192 g/mol. The Labute approximate surface area is 78.8 Å². The average molecular weight is 192 g/mol. The molecular weight excluding hydrogens is 184 g/mol. The van der Waals surface area contributed by atoms with Gasteiger partial charge in [0, 0.05) is 6.20 Å². The number of carboxylic acid groups (broad SMARTS) is 1. The number of nitrogen functional groups attached to an aromatic ring is 1. The molecular formula is C8H8N4O2. The molecule has 0 unspecified atom stereocenters. The van der Waals surface area contributed by atoms with Crippen LogP contribution in [-0.2, 0) is 0 Å². The molecule has 0 aliphatic rings. The van der Waals surface area contributed by atoms with Crippen molar-refractivity contribution in [3.63, 3.8) is 0 Å². The zero-order valence-corrected chi connectivity index (χ0v) is 7.40. The number of nitrogens with zero attached hydrogens (tertiary/aromatic N) is 2. The summed E-state index contributed by atoms with van der Waals surface area (Å²) < 4.78 is 0. The predicted octanol–water partition coefficient (Wildman–Crippen LogP) is 0.547. The van der Waals surface area contributed by atoms with E-state index in [0.717, 1.165) is 0 Å². The number of nitrogens with one attached hydrogen (secondary N) is 1. The van der Waals surface area contributed by atoms with E-state index in [1.807, 2.05) is 0 Å². The smallest absolute Gasteiger partial charge is 0.338 e. The van der Waals surface area contributed by atoms with Gasteiger partial charge < -0.3 is 15.8 Å². The number of aromatic amines is 1. The molecule has 0 amide bonds. The third-order valence-electron chi connectivity index (χ3n) is 1.90. The van der Waals surface area contributed by atoms with E-state index in [9.17, 15) is 4.79 Å². The van der Waals surface area contributed by atoms with E-state index in [0.29, 0.717) is 16.9 Å². The molecule has 0 spiro atoms. The van der Waals surface area contributed by atoms with Crippen LogP contribution in [0.1, 0.15) is 16.2 Å². The van der Waals surface area contributed by atoms with Crippen LogP contribution in [-0.4, -0.2) is 26.0 Å². The van der Waals surface area contributed by atoms with Gasteiger partial charge in [-0.3, -0.25) is 0 Å². The van der Waals surface area contributed by atoms with Crippen LogP contribution in [0.15, 0.2) is 6.20 Å². The van der Waals surface area contributed by atoms with E-state index >= 15 is 0 Å². The lowest BCUT2D eigenvalue weighted by molar-refractivity contribution is 0.0699. The molecule has 0 saturated carbocycles. The number of rotatable bonds is 1. The molecule has 0 aliphatic carbocycles. The number of aryl methyl sites for hydroxylation is 1. The molecule has 14 heavy (non-hydrogen) atoms. The lowest BCUT2D eigenvalue weighted by atomic mass is 10.2. The first-order valence-corrected chi connectivity index (χ1v) is 3.94. The first-order chi connectivity index (χ1) is 6.59. The van der Waals surface area contributed by atoms with Gasteiger partial charge in [0.2, 0.25) is 0 Å². The largest absolute Gasteiger partial charge is 0.478 e. The number of hydrogen-bond acceptors (Lipinski definition) is 4. The van der Waals surface area contributed by atoms with Crippen molar-refractivity contribution in [3.05, 3.63) is 17.6 Å². The molecule has 0 bridgehead atoms. The molecule has 6 nitrogen and oxygen atoms in total. The SMILES string of the molecule is Cc1nc(N)c2c(C(=O)O)c[nH]c2n1. The van der Waals surface area contributed by atoms with E-state index in [1.54, 1.807) is 6.92 Å². The number of carbonyl (C=O) groups is 1. The molecule has 0 fully saturated rings. The Hall–Kier alpha value is -2.11. The molecule has 6 heteroatoms. The van der Waals surface area contributed by atoms with Gasteiger partial charge in [0.05, 0.1) is 10.9 Å². The highest BCUT2D eigenvalue weighted by Gasteiger charge is 2.14. The lowest BCUT2D eigenvalue weighted by Gasteiger charge is -1.98. The van der Waals surface area contributed by atoms with Crippen LogP contribution in [0.3, 0.4) is 0 Å². The summed E-state index contributed by atoms with van der Waals surface area (Å²) >= 11 is 0. The molecule has 0 atom stereocenters. The second-order valence-corrected chi connectivity index (χ2v) is 2.89. The van der Waals surface area contributed by atoms with E-state index in [1.165, 1.54) is 6.20 Å². The Kier molecular flexibility index (Phi) is 1.63. The highest BCUT2D eigenvalue weighted by atomic mass is 16.4. The second kappa shape index (κ2) is 2.69. The summed E-state index contributed by atoms with van der Waals surface area (Å²) in [5.41, 5.74) is 6.15. The van der Waals surface area contributed by atoms with Gasteiger partial charge in [0.1, 0.15) is 17.3 Å². The lowest BCUT2D eigenvalue weighted by Crippen LogP contribution is -2.00. The van der Waals surface area contributed by atoms with E-state index in [2.05, 4.69) is 15.0 Å². The van der Waals surface area contributed by atoms with Crippen molar-refractivity contribution in [3.8, 4) is 0 Å². The van der Waals surface area contributed by atoms with Crippen LogP contribution in [0, 0.1) is 6.92 Å². The standard InChI is InChI=1S/C8H8N4O2/c1-3-11-6(9)5-4(8(13)14)2-10-7(5)12-3/h2H,1H3,(H,13,14)(H3,9,10,11,12). The van der Waals surface area contributed by atoms with Crippen molar-refractivity contribution in [2.75, 3.05) is 5.73 Å². The van der Waals surface area contributed by atoms with Gasteiger partial charge in [-0.2, -0.15) is 0 Å². The number of anilines is 1. The van der Waals surface area contributed by atoms with Crippen LogP contribution in [0.25, 0.3) is 11.0 Å². The molecule has 0 radical (unpaired) electrons. The van der Waals surface area contributed by atoms with Crippen LogP contribution < -0.4 is 5.73 Å². The fraction of sp³-hybridized carbons (Fsp3) is 0.125. The topological polar surface area (TPSA) is 105 Å². The highest BCUT2D eigenvalue weighted by molar-refractivity contribution is 6.06. The van der Waals surface area contributed by atoms with Gasteiger partial charge in [-0.05, 0) is 6.92 Å². The first kappa shape index (κ1) is 8.49. The molecule has 2 aromatic heterocycles. The molecule has 2 heterocycles. The van der Waals surface area contributed by atoms with Crippen molar-refractivity contribution in [2.45, 2.75) is 6.92 Å². The molecule has 0 aliphatic heterocycles. The Morgan fingerprint density at radius 1 is 1.57 bits per heavy atom. The molecule has 4 N–H and O–H groups in total. The predicted molar refractivity (Wildman–Crippen MR) is 50.0 cm³/mol. The number of fused-ring (bicyclic) bond motifs is 1. The number of nitrogens with two attached hydrogens (primary N) is 1. The average Bonchev–Trinajstić information content (AvgIpc) is 2.47. The molecule has 72 valence electrons. The van der Waals surface area contributed by atoms with E-state index in [-0.39, 0.29) is 11.4 Å². The molecule has 0 aromatic carbocycles. The Bertz CT molecular complexity index is 517. The number of aromatic nitrogens is 3. The van der Waals surface area contributed by atoms with Crippen LogP contribution in [0.5, 0.6) is 0 Å². The Balaban J connectivity index is 2.85. The van der Waals surface area contributed by atoms with E-state index in [4.69, 9.17) is 10.8 Å². The number of aromatic carboxylic acids is 1. The van der Waals surface area contributed by atoms with E-state index < -0.39 is 5.97 Å². The maximum Gasteiger partial charge on any atom is 0.338 e. The van der Waals surface area contributed by atoms with Crippen molar-refractivity contribution in [1.29, 1.82) is 0 Å². The molecule has 0 saturated heterocycles. The number of H-pyrrole nitrogens is 1. The summed E-state index contributed by atoms with van der Waals surface area (Å²) in [6.45, 7) is 1.69. The Morgan fingerprint density at radius 3 is 2.93 bits per heavy atom. The minimum Gasteiger partial charge on any atom is -0.478 e. The fourth-order valence-electron chi connectivity index (χ4n) is 1.35. The zero-order chi connectivity index (χ0) is 10.3. The normalized spacial score (nSPS) is 10.6. The van der Waals surface area contributed by atoms with Gasteiger partial charge in [-0.1, -0.05) is 0 Å². The van der Waals surface area contributed by atoms with Gasteiger partial charge in [0.15, 0.2) is 0 Å². The van der Waals surface area contributed by atoms with Crippen molar-refractivity contribution in [2.24, 2.45) is 0 Å². The summed E-state index contributed by atoms with van der Waals surface area (Å²) in [6, 6.07) is 0. The summed E-state index contributed by atoms with van der Waals surface area (Å²) in [4.78, 5) is 21.5. The van der Waals surface area contributed by atoms with Crippen LogP contribution in [0.2, 0.25) is 0 Å². The van der Waals surface area contributed by atoms with Crippen molar-refractivity contribution >= 4 is 22.8 Å². The molecule has 2 rings (SSSR count). The maximum atomic E-state index is 10.8.